The summed E-state index contributed by atoms with van der Waals surface area (Å²) in [6, 6.07) is 11.7. The Morgan fingerprint density at radius 3 is 2.17 bits per heavy atom. The maximum Gasteiger partial charge on any atom is 0.417 e. The Labute approximate surface area is 199 Å². The van der Waals surface area contributed by atoms with Crippen molar-refractivity contribution >= 4 is 18.0 Å². The van der Waals surface area contributed by atoms with Crippen molar-refractivity contribution in [3.63, 3.8) is 0 Å². The number of carbonyl (C=O) groups excluding carboxylic acids is 2. The Kier molecular flexibility index (Phi) is 7.00. The number of amides is 2. The molecule has 0 aromatic heterocycles. The Balaban J connectivity index is 1.37. The first-order chi connectivity index (χ1) is 16.6. The van der Waals surface area contributed by atoms with Gasteiger partial charge < -0.3 is 20.5 Å². The van der Waals surface area contributed by atoms with Gasteiger partial charge in [0.05, 0.1) is 0 Å². The zero-order chi connectivity index (χ0) is 25.2. The normalized spacial score (nSPS) is 20.0. The first-order valence-corrected chi connectivity index (χ1v) is 11.3. The SMILES string of the molecule is O=C(O)CC1CCC(NC(=O)C(NC(=O)OCC2c3ccccc3-c3ccccc32)C(F)(F)F)C1. The lowest BCUT2D eigenvalue weighted by Crippen LogP contribution is -2.56. The minimum Gasteiger partial charge on any atom is -0.481 e. The molecule has 4 rings (SSSR count). The van der Waals surface area contributed by atoms with Crippen LogP contribution < -0.4 is 10.6 Å². The van der Waals surface area contributed by atoms with Crippen molar-refractivity contribution in [3.8, 4) is 11.1 Å². The topological polar surface area (TPSA) is 105 Å². The van der Waals surface area contributed by atoms with Gasteiger partial charge in [-0.25, -0.2) is 4.79 Å². The highest BCUT2D eigenvalue weighted by Gasteiger charge is 2.47. The van der Waals surface area contributed by atoms with E-state index < -0.39 is 36.2 Å². The highest BCUT2D eigenvalue weighted by molar-refractivity contribution is 5.87. The second-order valence-corrected chi connectivity index (χ2v) is 8.93. The minimum atomic E-state index is -5.03. The van der Waals surface area contributed by atoms with Crippen LogP contribution in [0.15, 0.2) is 48.5 Å². The molecule has 10 heteroatoms. The number of halogens is 3. The number of carbonyl (C=O) groups is 3. The Hall–Kier alpha value is -3.56. The molecule has 1 fully saturated rings. The number of nitrogens with one attached hydrogen (secondary N) is 2. The molecule has 2 aliphatic carbocycles. The molecule has 3 N–H and O–H groups in total. The molecule has 186 valence electrons. The molecule has 0 spiro atoms. The maximum atomic E-state index is 13.6. The number of hydrogen-bond donors (Lipinski definition) is 3. The zero-order valence-corrected chi connectivity index (χ0v) is 18.7. The molecular formula is C25H25F3N2O5. The van der Waals surface area contributed by atoms with Crippen molar-refractivity contribution in [2.24, 2.45) is 5.92 Å². The summed E-state index contributed by atoms with van der Waals surface area (Å²) >= 11 is 0. The molecule has 7 nitrogen and oxygen atoms in total. The Morgan fingerprint density at radius 1 is 1.00 bits per heavy atom. The third-order valence-corrected chi connectivity index (χ3v) is 6.55. The van der Waals surface area contributed by atoms with Crippen LogP contribution in [-0.4, -0.2) is 47.9 Å². The van der Waals surface area contributed by atoms with Gasteiger partial charge in [0.25, 0.3) is 5.91 Å². The van der Waals surface area contributed by atoms with Crippen LogP contribution in [0.25, 0.3) is 11.1 Å². The summed E-state index contributed by atoms with van der Waals surface area (Å²) in [7, 11) is 0. The van der Waals surface area contributed by atoms with E-state index in [0.29, 0.717) is 12.8 Å². The summed E-state index contributed by atoms with van der Waals surface area (Å²) in [5.74, 6) is -2.94. The van der Waals surface area contributed by atoms with E-state index in [0.717, 1.165) is 22.3 Å². The van der Waals surface area contributed by atoms with Crippen molar-refractivity contribution in [1.29, 1.82) is 0 Å². The van der Waals surface area contributed by atoms with Crippen molar-refractivity contribution in [2.75, 3.05) is 6.61 Å². The molecule has 1 saturated carbocycles. The fourth-order valence-corrected chi connectivity index (χ4v) is 4.98. The molecule has 3 unspecified atom stereocenters. The molecule has 0 saturated heterocycles. The van der Waals surface area contributed by atoms with Gasteiger partial charge in [0.1, 0.15) is 6.61 Å². The predicted octanol–water partition coefficient (Wildman–Crippen LogP) is 4.22. The third-order valence-electron chi connectivity index (χ3n) is 6.55. The number of carboxylic acids is 1. The van der Waals surface area contributed by atoms with E-state index in [1.807, 2.05) is 48.5 Å². The monoisotopic (exact) mass is 490 g/mol. The number of alkyl carbamates (subject to hydrolysis) is 1. The predicted molar refractivity (Wildman–Crippen MR) is 120 cm³/mol. The number of carboxylic acid groups (broad SMARTS) is 1. The number of rotatable bonds is 7. The lowest BCUT2D eigenvalue weighted by Gasteiger charge is -2.23. The van der Waals surface area contributed by atoms with Crippen LogP contribution in [0.1, 0.15) is 42.7 Å². The molecule has 2 aromatic rings. The molecule has 2 amide bonds. The van der Waals surface area contributed by atoms with Crippen molar-refractivity contribution in [2.45, 2.75) is 49.9 Å². The van der Waals surface area contributed by atoms with Crippen LogP contribution in [0.4, 0.5) is 18.0 Å². The molecule has 0 aliphatic heterocycles. The average molecular weight is 490 g/mol. The summed E-state index contributed by atoms with van der Waals surface area (Å²) in [6.45, 7) is -0.189. The fourth-order valence-electron chi connectivity index (χ4n) is 4.98. The fraction of sp³-hybridized carbons (Fsp3) is 0.400. The van der Waals surface area contributed by atoms with Gasteiger partial charge in [-0.3, -0.25) is 9.59 Å². The summed E-state index contributed by atoms with van der Waals surface area (Å²) in [6.07, 6.45) is -5.35. The molecule has 0 radical (unpaired) electrons. The van der Waals surface area contributed by atoms with E-state index in [1.54, 1.807) is 5.32 Å². The van der Waals surface area contributed by atoms with Gasteiger partial charge in [-0.1, -0.05) is 48.5 Å². The second-order valence-electron chi connectivity index (χ2n) is 8.93. The number of ether oxygens (including phenoxy) is 1. The van der Waals surface area contributed by atoms with E-state index in [1.165, 1.54) is 0 Å². The molecular weight excluding hydrogens is 465 g/mol. The van der Waals surface area contributed by atoms with Gasteiger partial charge in [0.15, 0.2) is 0 Å². The van der Waals surface area contributed by atoms with Gasteiger partial charge in [-0.2, -0.15) is 13.2 Å². The van der Waals surface area contributed by atoms with Crippen molar-refractivity contribution < 1.29 is 37.4 Å². The van der Waals surface area contributed by atoms with E-state index in [-0.39, 0.29) is 31.3 Å². The van der Waals surface area contributed by atoms with Gasteiger partial charge in [-0.15, -0.1) is 0 Å². The van der Waals surface area contributed by atoms with Crippen LogP contribution in [-0.2, 0) is 14.3 Å². The third kappa shape index (κ3) is 5.58. The molecule has 2 aromatic carbocycles. The van der Waals surface area contributed by atoms with Crippen LogP contribution in [0.2, 0.25) is 0 Å². The molecule has 2 aliphatic rings. The Bertz CT molecular complexity index is 1070. The smallest absolute Gasteiger partial charge is 0.417 e. The molecule has 0 bridgehead atoms. The highest BCUT2D eigenvalue weighted by Crippen LogP contribution is 2.44. The van der Waals surface area contributed by atoms with E-state index in [9.17, 15) is 27.6 Å². The number of alkyl halides is 3. The Morgan fingerprint density at radius 2 is 1.60 bits per heavy atom. The summed E-state index contributed by atoms with van der Waals surface area (Å²) < 4.78 is 45.9. The standard InChI is InChI=1S/C25H25F3N2O5/c26-25(27,28)22(23(33)29-15-10-9-14(11-15)12-21(31)32)30-24(34)35-13-20-18-7-3-1-5-16(18)17-6-2-4-8-19(17)20/h1-8,14-15,20,22H,9-13H2,(H,29,33)(H,30,34)(H,31,32). The molecule has 0 heterocycles. The first-order valence-electron chi connectivity index (χ1n) is 11.3. The van der Waals surface area contributed by atoms with Crippen molar-refractivity contribution in [1.82, 2.24) is 10.6 Å². The van der Waals surface area contributed by atoms with E-state index >= 15 is 0 Å². The number of benzene rings is 2. The van der Waals surface area contributed by atoms with Gasteiger partial charge >= 0.3 is 18.2 Å². The number of hydrogen-bond acceptors (Lipinski definition) is 4. The van der Waals surface area contributed by atoms with E-state index in [4.69, 9.17) is 9.84 Å². The van der Waals surface area contributed by atoms with Gasteiger partial charge in [-0.05, 0) is 47.4 Å². The lowest BCUT2D eigenvalue weighted by atomic mass is 9.98. The largest absolute Gasteiger partial charge is 0.481 e. The van der Waals surface area contributed by atoms with Gasteiger partial charge in [0.2, 0.25) is 6.04 Å². The minimum absolute atomic E-state index is 0.104. The van der Waals surface area contributed by atoms with Crippen LogP contribution in [0.3, 0.4) is 0 Å². The lowest BCUT2D eigenvalue weighted by molar-refractivity contribution is -0.168. The summed E-state index contributed by atoms with van der Waals surface area (Å²) in [5.41, 5.74) is 3.76. The van der Waals surface area contributed by atoms with Crippen molar-refractivity contribution in [3.05, 3.63) is 59.7 Å². The van der Waals surface area contributed by atoms with Crippen LogP contribution in [0, 0.1) is 5.92 Å². The first kappa shape index (κ1) is 24.6. The van der Waals surface area contributed by atoms with Crippen LogP contribution >= 0.6 is 0 Å². The summed E-state index contributed by atoms with van der Waals surface area (Å²) in [5, 5.41) is 12.8. The number of aliphatic carboxylic acids is 1. The van der Waals surface area contributed by atoms with E-state index in [2.05, 4.69) is 5.32 Å². The second kappa shape index (κ2) is 9.97. The number of fused-ring (bicyclic) bond motifs is 3. The average Bonchev–Trinajstić information content (AvgIpc) is 3.36. The highest BCUT2D eigenvalue weighted by atomic mass is 19.4. The molecule has 35 heavy (non-hydrogen) atoms. The van der Waals surface area contributed by atoms with Gasteiger partial charge in [0, 0.05) is 18.4 Å². The quantitative estimate of drug-likeness (QED) is 0.539. The zero-order valence-electron chi connectivity index (χ0n) is 18.7. The summed E-state index contributed by atoms with van der Waals surface area (Å²) in [4.78, 5) is 35.5. The molecule has 3 atom stereocenters. The van der Waals surface area contributed by atoms with Crippen LogP contribution in [0.5, 0.6) is 0 Å². The maximum absolute atomic E-state index is 13.6.